The van der Waals surface area contributed by atoms with Crippen molar-refractivity contribution in [3.8, 4) is 5.75 Å². The van der Waals surface area contributed by atoms with Gasteiger partial charge < -0.3 is 15.8 Å². The summed E-state index contributed by atoms with van der Waals surface area (Å²) in [5.41, 5.74) is 5.60. The number of piperidine rings is 1. The van der Waals surface area contributed by atoms with Crippen LogP contribution in [0.1, 0.15) is 44.5 Å². The van der Waals surface area contributed by atoms with Gasteiger partial charge in [0, 0.05) is 30.7 Å². The van der Waals surface area contributed by atoms with Crippen LogP contribution in [0.15, 0.2) is 23.1 Å². The zero-order valence-corrected chi connectivity index (χ0v) is 18.8. The first-order chi connectivity index (χ1) is 12.4. The van der Waals surface area contributed by atoms with Crippen LogP contribution in [0.2, 0.25) is 0 Å². The molecule has 1 amide bonds. The van der Waals surface area contributed by atoms with E-state index in [4.69, 9.17) is 10.5 Å². The smallest absolute Gasteiger partial charge is 0.251 e. The summed E-state index contributed by atoms with van der Waals surface area (Å²) in [6.07, 6.45) is 1.00. The Kier molecular flexibility index (Phi) is 8.32. The molecule has 1 aliphatic heterocycles. The van der Waals surface area contributed by atoms with Crippen molar-refractivity contribution in [3.05, 3.63) is 23.8 Å². The molecule has 0 spiro atoms. The Morgan fingerprint density at radius 1 is 1.29 bits per heavy atom. The number of ether oxygens (including phenoxy) is 1. The van der Waals surface area contributed by atoms with E-state index < -0.39 is 15.6 Å². The highest BCUT2D eigenvalue weighted by atomic mass is 35.5. The van der Waals surface area contributed by atoms with Crippen molar-refractivity contribution in [1.82, 2.24) is 9.62 Å². The molecule has 2 unspecified atom stereocenters. The predicted octanol–water partition coefficient (Wildman–Crippen LogP) is 2.25. The molecule has 1 aliphatic rings. The maximum Gasteiger partial charge on any atom is 0.251 e. The number of amides is 1. The standard InChI is InChI=1S/C19H31N3O4S.ClH/c1-13-8-14(2)11-22(10-13)27(24,25)17-9-15(6-7-16(17)26-5)18(23)21-12-19(3,4)20;/h6-7,9,13-14H,8,10-12,20H2,1-5H3,(H,21,23);1H. The molecule has 9 heteroatoms. The van der Waals surface area contributed by atoms with Gasteiger partial charge in [-0.1, -0.05) is 13.8 Å². The SMILES string of the molecule is COc1ccc(C(=O)NCC(C)(C)N)cc1S(=O)(=O)N1CC(C)CC(C)C1.Cl. The monoisotopic (exact) mass is 433 g/mol. The Bertz CT molecular complexity index is 783. The fraction of sp³-hybridized carbons (Fsp3) is 0.632. The lowest BCUT2D eigenvalue weighted by atomic mass is 9.94. The third-order valence-electron chi connectivity index (χ3n) is 4.58. The predicted molar refractivity (Wildman–Crippen MR) is 113 cm³/mol. The largest absolute Gasteiger partial charge is 0.495 e. The van der Waals surface area contributed by atoms with E-state index in [1.807, 2.05) is 13.8 Å². The van der Waals surface area contributed by atoms with Gasteiger partial charge in [0.2, 0.25) is 10.0 Å². The number of methoxy groups -OCH3 is 1. The molecule has 1 fully saturated rings. The second-order valence-corrected chi connectivity index (χ2v) is 10.2. The van der Waals surface area contributed by atoms with Gasteiger partial charge in [-0.2, -0.15) is 4.31 Å². The van der Waals surface area contributed by atoms with Crippen LogP contribution >= 0.6 is 12.4 Å². The van der Waals surface area contributed by atoms with Crippen LogP contribution in [0, 0.1) is 11.8 Å². The third kappa shape index (κ3) is 6.07. The van der Waals surface area contributed by atoms with Crippen LogP contribution in [-0.2, 0) is 10.0 Å². The number of carbonyl (C=O) groups excluding carboxylic acids is 1. The molecule has 0 aromatic heterocycles. The number of hydrogen-bond acceptors (Lipinski definition) is 5. The zero-order valence-electron chi connectivity index (χ0n) is 17.2. The second-order valence-electron chi connectivity index (χ2n) is 8.30. The third-order valence-corrected chi connectivity index (χ3v) is 6.44. The highest BCUT2D eigenvalue weighted by Gasteiger charge is 2.34. The first kappa shape index (κ1) is 24.7. The van der Waals surface area contributed by atoms with Crippen molar-refractivity contribution in [2.75, 3.05) is 26.7 Å². The van der Waals surface area contributed by atoms with Gasteiger partial charge in [-0.25, -0.2) is 8.42 Å². The highest BCUT2D eigenvalue weighted by Crippen LogP contribution is 2.32. The van der Waals surface area contributed by atoms with E-state index in [-0.39, 0.29) is 52.9 Å². The number of nitrogens with two attached hydrogens (primary N) is 1. The van der Waals surface area contributed by atoms with E-state index in [0.29, 0.717) is 13.1 Å². The molecule has 160 valence electrons. The maximum absolute atomic E-state index is 13.2. The van der Waals surface area contributed by atoms with E-state index in [2.05, 4.69) is 5.32 Å². The van der Waals surface area contributed by atoms with Gasteiger partial charge in [-0.3, -0.25) is 4.79 Å². The molecule has 2 rings (SSSR count). The van der Waals surface area contributed by atoms with E-state index in [1.165, 1.54) is 23.5 Å². The number of rotatable bonds is 6. The first-order valence-corrected chi connectivity index (χ1v) is 10.6. The summed E-state index contributed by atoms with van der Waals surface area (Å²) in [5, 5.41) is 2.74. The summed E-state index contributed by atoms with van der Waals surface area (Å²) < 4.78 is 33.3. The fourth-order valence-corrected chi connectivity index (χ4v) is 5.23. The zero-order chi connectivity index (χ0) is 20.4. The van der Waals surface area contributed by atoms with E-state index in [1.54, 1.807) is 19.9 Å². The maximum atomic E-state index is 13.2. The fourth-order valence-electron chi connectivity index (χ4n) is 3.37. The lowest BCUT2D eigenvalue weighted by Gasteiger charge is -2.34. The summed E-state index contributed by atoms with van der Waals surface area (Å²) >= 11 is 0. The molecular weight excluding hydrogens is 402 g/mol. The van der Waals surface area contributed by atoms with Crippen molar-refractivity contribution >= 4 is 28.3 Å². The summed E-state index contributed by atoms with van der Waals surface area (Å²) in [6.45, 7) is 8.91. The Morgan fingerprint density at radius 3 is 2.36 bits per heavy atom. The molecule has 7 nitrogen and oxygen atoms in total. The lowest BCUT2D eigenvalue weighted by molar-refractivity contribution is 0.0945. The van der Waals surface area contributed by atoms with Crippen molar-refractivity contribution in [3.63, 3.8) is 0 Å². The molecule has 28 heavy (non-hydrogen) atoms. The van der Waals surface area contributed by atoms with Gasteiger partial charge in [0.25, 0.3) is 5.91 Å². The minimum atomic E-state index is -3.77. The van der Waals surface area contributed by atoms with E-state index in [9.17, 15) is 13.2 Å². The molecule has 0 aliphatic carbocycles. The second kappa shape index (κ2) is 9.43. The number of nitrogens with zero attached hydrogens (tertiary/aromatic N) is 1. The molecule has 1 saturated heterocycles. The molecular formula is C19H32ClN3O4S. The molecule has 1 aromatic rings. The van der Waals surface area contributed by atoms with Crippen molar-refractivity contribution in [2.24, 2.45) is 17.6 Å². The van der Waals surface area contributed by atoms with Gasteiger partial charge in [0.05, 0.1) is 7.11 Å². The summed E-state index contributed by atoms with van der Waals surface area (Å²) in [5.74, 6) is 0.435. The normalized spacial score (nSPS) is 20.9. The van der Waals surface area contributed by atoms with Crippen LogP contribution in [0.4, 0.5) is 0 Å². The molecule has 0 radical (unpaired) electrons. The molecule has 1 aromatic carbocycles. The number of nitrogens with one attached hydrogen (secondary N) is 1. The van der Waals surface area contributed by atoms with Crippen LogP contribution < -0.4 is 15.8 Å². The Balaban J connectivity index is 0.00000392. The van der Waals surface area contributed by atoms with Crippen LogP contribution in [0.5, 0.6) is 5.75 Å². The lowest BCUT2D eigenvalue weighted by Crippen LogP contribution is -2.45. The van der Waals surface area contributed by atoms with E-state index >= 15 is 0 Å². The molecule has 1 heterocycles. The topological polar surface area (TPSA) is 102 Å². The molecule has 2 atom stereocenters. The van der Waals surface area contributed by atoms with Gasteiger partial charge >= 0.3 is 0 Å². The summed E-state index contributed by atoms with van der Waals surface area (Å²) in [6, 6.07) is 4.46. The van der Waals surface area contributed by atoms with Gasteiger partial charge in [0.15, 0.2) is 0 Å². The minimum absolute atomic E-state index is 0. The Morgan fingerprint density at radius 2 is 1.86 bits per heavy atom. The quantitative estimate of drug-likeness (QED) is 0.716. The number of sulfonamides is 1. The highest BCUT2D eigenvalue weighted by molar-refractivity contribution is 7.89. The van der Waals surface area contributed by atoms with Crippen molar-refractivity contribution in [2.45, 2.75) is 44.6 Å². The van der Waals surface area contributed by atoms with Crippen molar-refractivity contribution in [1.29, 1.82) is 0 Å². The number of benzene rings is 1. The molecule has 0 bridgehead atoms. The Labute approximate surface area is 174 Å². The van der Waals surface area contributed by atoms with Crippen molar-refractivity contribution < 1.29 is 17.9 Å². The van der Waals surface area contributed by atoms with Gasteiger partial charge in [-0.05, 0) is 50.3 Å². The molecule has 0 saturated carbocycles. The average molecular weight is 434 g/mol. The van der Waals surface area contributed by atoms with Crippen LogP contribution in [-0.4, -0.2) is 50.9 Å². The van der Waals surface area contributed by atoms with Crippen LogP contribution in [0.3, 0.4) is 0 Å². The number of hydrogen-bond donors (Lipinski definition) is 2. The number of halogens is 1. The molecule has 3 N–H and O–H groups in total. The minimum Gasteiger partial charge on any atom is -0.495 e. The summed E-state index contributed by atoms with van der Waals surface area (Å²) in [4.78, 5) is 12.5. The Hall–Kier alpha value is -1.35. The van der Waals surface area contributed by atoms with Gasteiger partial charge in [0.1, 0.15) is 10.6 Å². The first-order valence-electron chi connectivity index (χ1n) is 9.19. The summed E-state index contributed by atoms with van der Waals surface area (Å²) in [7, 11) is -2.34. The number of carbonyl (C=O) groups is 1. The average Bonchev–Trinajstić information content (AvgIpc) is 2.57. The van der Waals surface area contributed by atoms with Gasteiger partial charge in [-0.15, -0.1) is 12.4 Å². The van der Waals surface area contributed by atoms with Crippen LogP contribution in [0.25, 0.3) is 0 Å². The van der Waals surface area contributed by atoms with E-state index in [0.717, 1.165) is 6.42 Å².